The minimum atomic E-state index is 0.522. The van der Waals surface area contributed by atoms with Crippen molar-refractivity contribution in [3.63, 3.8) is 0 Å². The van der Waals surface area contributed by atoms with Gasteiger partial charge in [0.25, 0.3) is 0 Å². The van der Waals surface area contributed by atoms with Crippen LogP contribution < -0.4 is 10.6 Å². The van der Waals surface area contributed by atoms with Gasteiger partial charge in [0, 0.05) is 32.0 Å². The van der Waals surface area contributed by atoms with Gasteiger partial charge in [-0.3, -0.25) is 0 Å². The van der Waals surface area contributed by atoms with Crippen LogP contribution >= 0.6 is 0 Å². The molecule has 1 heterocycles. The van der Waals surface area contributed by atoms with Crippen molar-refractivity contribution in [2.45, 2.75) is 32.2 Å². The molecule has 0 saturated heterocycles. The maximum absolute atomic E-state index is 5.05. The van der Waals surface area contributed by atoms with E-state index in [4.69, 9.17) is 4.74 Å². The van der Waals surface area contributed by atoms with Gasteiger partial charge in [-0.05, 0) is 49.9 Å². The molecule has 1 atom stereocenters. The number of hydrogen-bond donors (Lipinski definition) is 2. The zero-order valence-electron chi connectivity index (χ0n) is 11.5. The zero-order valence-corrected chi connectivity index (χ0v) is 11.5. The largest absolute Gasteiger partial charge is 0.385 e. The summed E-state index contributed by atoms with van der Waals surface area (Å²) in [5.74, 6) is 0. The lowest BCUT2D eigenvalue weighted by atomic mass is 10.0. The Labute approximate surface area is 110 Å². The first-order valence-corrected chi connectivity index (χ1v) is 6.87. The van der Waals surface area contributed by atoms with Gasteiger partial charge in [0.05, 0.1) is 0 Å². The average Bonchev–Trinajstić information content (AvgIpc) is 2.82. The highest BCUT2D eigenvalue weighted by Gasteiger charge is 2.11. The Balaban J connectivity index is 1.78. The van der Waals surface area contributed by atoms with Crippen molar-refractivity contribution in [3.05, 3.63) is 29.3 Å². The van der Waals surface area contributed by atoms with Crippen LogP contribution in [0.15, 0.2) is 18.2 Å². The molecule has 100 valence electrons. The summed E-state index contributed by atoms with van der Waals surface area (Å²) in [6.07, 6.45) is 3.34. The Kier molecular flexibility index (Phi) is 5.02. The minimum Gasteiger partial charge on any atom is -0.385 e. The number of rotatable bonds is 7. The van der Waals surface area contributed by atoms with Crippen LogP contribution in [0.3, 0.4) is 0 Å². The van der Waals surface area contributed by atoms with Gasteiger partial charge in [0.15, 0.2) is 0 Å². The van der Waals surface area contributed by atoms with Crippen molar-refractivity contribution in [1.82, 2.24) is 5.32 Å². The maximum atomic E-state index is 5.05. The second kappa shape index (κ2) is 6.76. The van der Waals surface area contributed by atoms with Crippen LogP contribution in [0.1, 0.15) is 24.5 Å². The molecule has 0 bridgehead atoms. The third-order valence-corrected chi connectivity index (χ3v) is 3.44. The SMILES string of the molecule is COCCCNC(C)Cc1ccc2c(c1)CCN2. The van der Waals surface area contributed by atoms with Crippen molar-refractivity contribution in [2.24, 2.45) is 0 Å². The van der Waals surface area contributed by atoms with Crippen LogP contribution in [-0.4, -0.2) is 32.8 Å². The molecule has 1 unspecified atom stereocenters. The molecule has 1 aromatic rings. The molecule has 0 fully saturated rings. The second-order valence-corrected chi connectivity index (χ2v) is 5.07. The van der Waals surface area contributed by atoms with Gasteiger partial charge >= 0.3 is 0 Å². The minimum absolute atomic E-state index is 0.522. The Morgan fingerprint density at radius 3 is 3.17 bits per heavy atom. The van der Waals surface area contributed by atoms with Gasteiger partial charge < -0.3 is 15.4 Å². The molecular weight excluding hydrogens is 224 g/mol. The summed E-state index contributed by atoms with van der Waals surface area (Å²) in [7, 11) is 1.75. The maximum Gasteiger partial charge on any atom is 0.0474 e. The van der Waals surface area contributed by atoms with E-state index in [0.717, 1.165) is 32.5 Å². The molecule has 0 spiro atoms. The molecule has 3 heteroatoms. The van der Waals surface area contributed by atoms with Crippen LogP contribution in [0, 0.1) is 0 Å². The number of benzene rings is 1. The highest BCUT2D eigenvalue weighted by molar-refractivity contribution is 5.56. The van der Waals surface area contributed by atoms with E-state index in [9.17, 15) is 0 Å². The highest BCUT2D eigenvalue weighted by Crippen LogP contribution is 2.23. The van der Waals surface area contributed by atoms with Crippen LogP contribution in [-0.2, 0) is 17.6 Å². The molecule has 0 saturated carbocycles. The summed E-state index contributed by atoms with van der Waals surface area (Å²) in [4.78, 5) is 0. The highest BCUT2D eigenvalue weighted by atomic mass is 16.5. The third-order valence-electron chi connectivity index (χ3n) is 3.44. The first-order valence-electron chi connectivity index (χ1n) is 6.87. The molecule has 1 aliphatic heterocycles. The van der Waals surface area contributed by atoms with Crippen molar-refractivity contribution < 1.29 is 4.74 Å². The third kappa shape index (κ3) is 3.72. The molecule has 0 aliphatic carbocycles. The standard InChI is InChI=1S/C15H24N2O/c1-12(16-7-3-9-18-2)10-13-4-5-15-14(11-13)6-8-17-15/h4-5,11-12,16-17H,3,6-10H2,1-2H3. The van der Waals surface area contributed by atoms with Crippen LogP contribution in [0.25, 0.3) is 0 Å². The summed E-state index contributed by atoms with van der Waals surface area (Å²) in [6.45, 7) is 5.20. The Bertz CT molecular complexity index is 379. The summed E-state index contributed by atoms with van der Waals surface area (Å²) in [6, 6.07) is 7.33. The van der Waals surface area contributed by atoms with Crippen LogP contribution in [0.2, 0.25) is 0 Å². The normalized spacial score (nSPS) is 15.2. The molecule has 1 aromatic carbocycles. The second-order valence-electron chi connectivity index (χ2n) is 5.07. The fourth-order valence-electron chi connectivity index (χ4n) is 2.48. The molecule has 0 amide bonds. The van der Waals surface area contributed by atoms with E-state index in [2.05, 4.69) is 35.8 Å². The quantitative estimate of drug-likeness (QED) is 0.726. The van der Waals surface area contributed by atoms with E-state index in [1.165, 1.54) is 23.2 Å². The molecule has 2 rings (SSSR count). The molecule has 18 heavy (non-hydrogen) atoms. The van der Waals surface area contributed by atoms with Gasteiger partial charge in [0.2, 0.25) is 0 Å². The van der Waals surface area contributed by atoms with E-state index in [1.807, 2.05) is 0 Å². The van der Waals surface area contributed by atoms with Crippen LogP contribution in [0.5, 0.6) is 0 Å². The smallest absolute Gasteiger partial charge is 0.0474 e. The molecule has 0 aromatic heterocycles. The fourth-order valence-corrected chi connectivity index (χ4v) is 2.48. The van der Waals surface area contributed by atoms with Gasteiger partial charge in [-0.1, -0.05) is 12.1 Å². The average molecular weight is 248 g/mol. The lowest BCUT2D eigenvalue weighted by molar-refractivity contribution is 0.193. The molecular formula is C15H24N2O. The number of anilines is 1. The van der Waals surface area contributed by atoms with Crippen molar-refractivity contribution in [3.8, 4) is 0 Å². The Hall–Kier alpha value is -1.06. The lowest BCUT2D eigenvalue weighted by Gasteiger charge is -2.14. The topological polar surface area (TPSA) is 33.3 Å². The first-order chi connectivity index (χ1) is 8.79. The van der Waals surface area contributed by atoms with Crippen molar-refractivity contribution in [2.75, 3.05) is 32.1 Å². The Morgan fingerprint density at radius 2 is 2.33 bits per heavy atom. The number of nitrogens with one attached hydrogen (secondary N) is 2. The van der Waals surface area contributed by atoms with E-state index in [1.54, 1.807) is 7.11 Å². The number of ether oxygens (including phenoxy) is 1. The number of fused-ring (bicyclic) bond motifs is 1. The summed E-state index contributed by atoms with van der Waals surface area (Å²) < 4.78 is 5.05. The van der Waals surface area contributed by atoms with Gasteiger partial charge in [-0.2, -0.15) is 0 Å². The first kappa shape index (κ1) is 13.4. The van der Waals surface area contributed by atoms with Crippen LogP contribution in [0.4, 0.5) is 5.69 Å². The summed E-state index contributed by atoms with van der Waals surface area (Å²) in [5, 5.41) is 6.94. The van der Waals surface area contributed by atoms with E-state index >= 15 is 0 Å². The molecule has 1 aliphatic rings. The summed E-state index contributed by atoms with van der Waals surface area (Å²) >= 11 is 0. The predicted molar refractivity (Wildman–Crippen MR) is 76.3 cm³/mol. The Morgan fingerprint density at radius 1 is 1.44 bits per heavy atom. The van der Waals surface area contributed by atoms with E-state index in [-0.39, 0.29) is 0 Å². The van der Waals surface area contributed by atoms with Crippen molar-refractivity contribution in [1.29, 1.82) is 0 Å². The van der Waals surface area contributed by atoms with Gasteiger partial charge in [0.1, 0.15) is 0 Å². The van der Waals surface area contributed by atoms with Crippen molar-refractivity contribution >= 4 is 5.69 Å². The molecule has 2 N–H and O–H groups in total. The number of hydrogen-bond acceptors (Lipinski definition) is 3. The van der Waals surface area contributed by atoms with Gasteiger partial charge in [-0.25, -0.2) is 0 Å². The predicted octanol–water partition coefficient (Wildman–Crippen LogP) is 2.21. The van der Waals surface area contributed by atoms with E-state index < -0.39 is 0 Å². The summed E-state index contributed by atoms with van der Waals surface area (Å²) in [5.41, 5.74) is 4.22. The molecule has 0 radical (unpaired) electrons. The fraction of sp³-hybridized carbons (Fsp3) is 0.600. The van der Waals surface area contributed by atoms with Gasteiger partial charge in [-0.15, -0.1) is 0 Å². The van der Waals surface area contributed by atoms with E-state index in [0.29, 0.717) is 6.04 Å². The lowest BCUT2D eigenvalue weighted by Crippen LogP contribution is -2.29. The molecule has 3 nitrogen and oxygen atoms in total. The number of methoxy groups -OCH3 is 1. The zero-order chi connectivity index (χ0) is 12.8. The monoisotopic (exact) mass is 248 g/mol.